The summed E-state index contributed by atoms with van der Waals surface area (Å²) in [7, 11) is 0. The van der Waals surface area contributed by atoms with E-state index in [9.17, 15) is 0 Å². The lowest BCUT2D eigenvalue weighted by Crippen LogP contribution is -2.51. The van der Waals surface area contributed by atoms with Crippen molar-refractivity contribution >= 4 is 0 Å². The number of nitrogens with one attached hydrogen (secondary N) is 1. The largest absolute Gasteiger partial charge is 0.271 e. The Morgan fingerprint density at radius 1 is 1.11 bits per heavy atom. The fourth-order valence-corrected chi connectivity index (χ4v) is 3.05. The van der Waals surface area contributed by atoms with Crippen LogP contribution in [0.1, 0.15) is 52.5 Å². The maximum atomic E-state index is 5.85. The molecule has 0 aliphatic heterocycles. The molecule has 2 nitrogen and oxygen atoms in total. The first-order valence-electron chi connectivity index (χ1n) is 7.12. The second-order valence-electron chi connectivity index (χ2n) is 5.58. The van der Waals surface area contributed by atoms with Crippen LogP contribution in [0.4, 0.5) is 0 Å². The van der Waals surface area contributed by atoms with Gasteiger partial charge in [0.1, 0.15) is 0 Å². The zero-order valence-corrected chi connectivity index (χ0v) is 12.2. The van der Waals surface area contributed by atoms with E-state index in [1.54, 1.807) is 0 Å². The smallest absolute Gasteiger partial charge is 0.0309 e. The van der Waals surface area contributed by atoms with Crippen LogP contribution < -0.4 is 11.3 Å². The van der Waals surface area contributed by atoms with E-state index in [-0.39, 0.29) is 5.41 Å². The number of hydrazine groups is 1. The summed E-state index contributed by atoms with van der Waals surface area (Å²) in [6.45, 7) is 9.04. The highest BCUT2D eigenvalue weighted by Gasteiger charge is 2.36. The Morgan fingerprint density at radius 2 is 1.67 bits per heavy atom. The van der Waals surface area contributed by atoms with Crippen molar-refractivity contribution in [3.63, 3.8) is 0 Å². The Kier molecular flexibility index (Phi) is 5.83. The van der Waals surface area contributed by atoms with Crippen molar-refractivity contribution in [1.29, 1.82) is 0 Å². The van der Waals surface area contributed by atoms with Crippen LogP contribution in [-0.2, 0) is 5.41 Å². The first-order chi connectivity index (χ1) is 8.60. The quantitative estimate of drug-likeness (QED) is 0.571. The molecular weight excluding hydrogens is 220 g/mol. The number of rotatable bonds is 7. The van der Waals surface area contributed by atoms with Crippen molar-refractivity contribution < 1.29 is 0 Å². The molecule has 1 unspecified atom stereocenters. The minimum atomic E-state index is 0.139. The van der Waals surface area contributed by atoms with Crippen molar-refractivity contribution in [1.82, 2.24) is 5.43 Å². The van der Waals surface area contributed by atoms with Gasteiger partial charge in [0.05, 0.1) is 0 Å². The van der Waals surface area contributed by atoms with E-state index < -0.39 is 0 Å². The highest BCUT2D eigenvalue weighted by Crippen LogP contribution is 2.37. The lowest BCUT2D eigenvalue weighted by Gasteiger charge is -2.41. The van der Waals surface area contributed by atoms with Gasteiger partial charge in [0.25, 0.3) is 0 Å². The predicted molar refractivity (Wildman–Crippen MR) is 79.3 cm³/mol. The Labute approximate surface area is 112 Å². The van der Waals surface area contributed by atoms with E-state index in [2.05, 4.69) is 63.5 Å². The van der Waals surface area contributed by atoms with Gasteiger partial charge in [-0.3, -0.25) is 11.3 Å². The monoisotopic (exact) mass is 248 g/mol. The third-order valence-corrected chi connectivity index (χ3v) is 4.19. The van der Waals surface area contributed by atoms with Gasteiger partial charge in [-0.15, -0.1) is 0 Å². The summed E-state index contributed by atoms with van der Waals surface area (Å²) in [5.74, 6) is 6.49. The van der Waals surface area contributed by atoms with Crippen molar-refractivity contribution in [2.75, 3.05) is 0 Å². The van der Waals surface area contributed by atoms with Crippen LogP contribution in [0.3, 0.4) is 0 Å². The van der Waals surface area contributed by atoms with Crippen molar-refractivity contribution in [3.05, 3.63) is 35.9 Å². The first kappa shape index (κ1) is 15.2. The Hall–Kier alpha value is -0.860. The maximum absolute atomic E-state index is 5.85. The summed E-state index contributed by atoms with van der Waals surface area (Å²) in [5.41, 5.74) is 4.62. The van der Waals surface area contributed by atoms with E-state index in [1.165, 1.54) is 5.56 Å². The molecule has 3 N–H and O–H groups in total. The average molecular weight is 248 g/mol. The normalized spacial score (nSPS) is 13.9. The molecule has 1 atom stereocenters. The summed E-state index contributed by atoms with van der Waals surface area (Å²) in [6.07, 6.45) is 3.32. The molecule has 0 amide bonds. The van der Waals surface area contributed by atoms with Crippen LogP contribution in [0, 0.1) is 5.92 Å². The van der Waals surface area contributed by atoms with E-state index >= 15 is 0 Å². The van der Waals surface area contributed by atoms with Crippen LogP contribution >= 0.6 is 0 Å². The molecule has 1 aromatic rings. The Bertz CT molecular complexity index is 328. The molecule has 0 bridgehead atoms. The average Bonchev–Trinajstić information content (AvgIpc) is 2.40. The Morgan fingerprint density at radius 3 is 2.06 bits per heavy atom. The summed E-state index contributed by atoms with van der Waals surface area (Å²) in [6, 6.07) is 11.1. The summed E-state index contributed by atoms with van der Waals surface area (Å²) in [5, 5.41) is 0. The molecule has 0 heterocycles. The third kappa shape index (κ3) is 3.12. The molecule has 1 aromatic carbocycles. The van der Waals surface area contributed by atoms with E-state index in [1.807, 2.05) is 0 Å². The topological polar surface area (TPSA) is 38.0 Å². The lowest BCUT2D eigenvalue weighted by molar-refractivity contribution is 0.240. The molecule has 0 aliphatic rings. The minimum absolute atomic E-state index is 0.139. The van der Waals surface area contributed by atoms with Crippen LogP contribution in [0.2, 0.25) is 0 Å². The molecule has 0 spiro atoms. The molecule has 1 rings (SSSR count). The summed E-state index contributed by atoms with van der Waals surface area (Å²) >= 11 is 0. The van der Waals surface area contributed by atoms with Crippen molar-refractivity contribution in [3.8, 4) is 0 Å². The zero-order valence-electron chi connectivity index (χ0n) is 12.2. The first-order valence-corrected chi connectivity index (χ1v) is 7.12. The van der Waals surface area contributed by atoms with E-state index in [0.717, 1.165) is 19.3 Å². The fraction of sp³-hybridized carbons (Fsp3) is 0.625. The molecule has 2 heteroatoms. The third-order valence-electron chi connectivity index (χ3n) is 4.19. The van der Waals surface area contributed by atoms with Crippen molar-refractivity contribution in [2.45, 2.75) is 58.4 Å². The number of hydrogen-bond acceptors (Lipinski definition) is 2. The molecule has 18 heavy (non-hydrogen) atoms. The minimum Gasteiger partial charge on any atom is -0.271 e. The van der Waals surface area contributed by atoms with Gasteiger partial charge in [-0.1, -0.05) is 58.0 Å². The van der Waals surface area contributed by atoms with Crippen molar-refractivity contribution in [2.24, 2.45) is 11.8 Å². The molecule has 102 valence electrons. The fourth-order valence-electron chi connectivity index (χ4n) is 3.05. The molecule has 0 saturated heterocycles. The van der Waals surface area contributed by atoms with E-state index in [0.29, 0.717) is 12.0 Å². The maximum Gasteiger partial charge on any atom is 0.0309 e. The zero-order chi connectivity index (χ0) is 13.6. The van der Waals surface area contributed by atoms with Gasteiger partial charge >= 0.3 is 0 Å². The van der Waals surface area contributed by atoms with Crippen LogP contribution in [-0.4, -0.2) is 6.04 Å². The summed E-state index contributed by atoms with van der Waals surface area (Å²) < 4.78 is 0. The van der Waals surface area contributed by atoms with Gasteiger partial charge in [-0.05, 0) is 30.7 Å². The standard InChI is InChI=1S/C16H28N2/c1-5-16(6-2,14-10-8-7-9-11-14)15(18-17)12-13(3)4/h7-11,13,15,18H,5-6,12,17H2,1-4H3. The second kappa shape index (κ2) is 6.91. The van der Waals surface area contributed by atoms with Gasteiger partial charge in [0.15, 0.2) is 0 Å². The number of benzene rings is 1. The number of nitrogens with two attached hydrogens (primary N) is 1. The van der Waals surface area contributed by atoms with Gasteiger partial charge in [0.2, 0.25) is 0 Å². The van der Waals surface area contributed by atoms with Gasteiger partial charge < -0.3 is 0 Å². The van der Waals surface area contributed by atoms with Gasteiger partial charge in [0, 0.05) is 11.5 Å². The molecule has 0 radical (unpaired) electrons. The van der Waals surface area contributed by atoms with Crippen LogP contribution in [0.25, 0.3) is 0 Å². The van der Waals surface area contributed by atoms with Gasteiger partial charge in [-0.2, -0.15) is 0 Å². The molecular formula is C16H28N2. The number of hydrogen-bond donors (Lipinski definition) is 2. The molecule has 0 aromatic heterocycles. The van der Waals surface area contributed by atoms with Gasteiger partial charge in [-0.25, -0.2) is 0 Å². The second-order valence-corrected chi connectivity index (χ2v) is 5.58. The highest BCUT2D eigenvalue weighted by atomic mass is 15.2. The molecule has 0 aliphatic carbocycles. The molecule has 0 fully saturated rings. The summed E-state index contributed by atoms with van der Waals surface area (Å²) in [4.78, 5) is 0. The van der Waals surface area contributed by atoms with Crippen LogP contribution in [0.5, 0.6) is 0 Å². The molecule has 0 saturated carbocycles. The SMILES string of the molecule is CCC(CC)(c1ccccc1)C(CC(C)C)NN. The highest BCUT2D eigenvalue weighted by molar-refractivity contribution is 5.27. The lowest BCUT2D eigenvalue weighted by atomic mass is 9.68. The van der Waals surface area contributed by atoms with E-state index in [4.69, 9.17) is 5.84 Å². The Balaban J connectivity index is 3.12. The van der Waals surface area contributed by atoms with Crippen LogP contribution in [0.15, 0.2) is 30.3 Å². The predicted octanol–water partition coefficient (Wildman–Crippen LogP) is 3.62.